The molecule has 2 fully saturated rings. The highest BCUT2D eigenvalue weighted by atomic mass is 35.5. The van der Waals surface area contributed by atoms with Crippen LogP contribution in [-0.4, -0.2) is 25.1 Å². The summed E-state index contributed by atoms with van der Waals surface area (Å²) < 4.78 is 5.32. The van der Waals surface area contributed by atoms with Crippen molar-refractivity contribution in [3.8, 4) is 5.75 Å². The lowest BCUT2D eigenvalue weighted by Crippen LogP contribution is -2.53. The lowest BCUT2D eigenvalue weighted by Gasteiger charge is -2.45. The van der Waals surface area contributed by atoms with Crippen LogP contribution in [0.25, 0.3) is 0 Å². The minimum atomic E-state index is 0. The molecule has 1 amide bonds. The number of ether oxygens (including phenoxy) is 1. The van der Waals surface area contributed by atoms with E-state index < -0.39 is 0 Å². The third-order valence-corrected chi connectivity index (χ3v) is 5.95. The van der Waals surface area contributed by atoms with Gasteiger partial charge in [-0.2, -0.15) is 0 Å². The molecule has 1 aromatic heterocycles. The first-order valence-corrected chi connectivity index (χ1v) is 8.61. The summed E-state index contributed by atoms with van der Waals surface area (Å²) in [5.41, 5.74) is 6.15. The topological polar surface area (TPSA) is 64.3 Å². The number of hydrogen-bond acceptors (Lipinski definition) is 4. The van der Waals surface area contributed by atoms with Gasteiger partial charge in [0.25, 0.3) is 5.91 Å². The first kappa shape index (κ1) is 17.6. The van der Waals surface area contributed by atoms with Gasteiger partial charge in [-0.05, 0) is 50.5 Å². The molecule has 2 bridgehead atoms. The summed E-state index contributed by atoms with van der Waals surface area (Å²) in [6, 6.07) is 2.53. The second-order valence-electron chi connectivity index (χ2n) is 6.44. The number of carbonyl (C=O) groups is 1. The lowest BCUT2D eigenvalue weighted by molar-refractivity contribution is 0.0757. The molecule has 2 atom stereocenters. The van der Waals surface area contributed by atoms with Crippen LogP contribution in [-0.2, 0) is 0 Å². The van der Waals surface area contributed by atoms with Gasteiger partial charge >= 0.3 is 0 Å². The van der Waals surface area contributed by atoms with Crippen molar-refractivity contribution in [1.82, 2.24) is 5.32 Å². The van der Waals surface area contributed by atoms with Gasteiger partial charge in [0.1, 0.15) is 10.6 Å². The van der Waals surface area contributed by atoms with Crippen LogP contribution in [0.5, 0.6) is 5.75 Å². The smallest absolute Gasteiger partial charge is 0.265 e. The molecule has 2 aliphatic carbocycles. The summed E-state index contributed by atoms with van der Waals surface area (Å²) in [7, 11) is 1.62. The number of fused-ring (bicyclic) bond motifs is 2. The van der Waals surface area contributed by atoms with E-state index in [0.717, 1.165) is 17.7 Å². The van der Waals surface area contributed by atoms with Gasteiger partial charge in [-0.25, -0.2) is 0 Å². The second-order valence-corrected chi connectivity index (χ2v) is 7.69. The number of halogens is 1. The number of nitrogens with two attached hydrogens (primary N) is 1. The molecule has 0 radical (unpaired) electrons. The summed E-state index contributed by atoms with van der Waals surface area (Å²) in [5, 5.41) is 3.28. The zero-order valence-electron chi connectivity index (χ0n) is 13.1. The molecule has 2 unspecified atom stereocenters. The molecule has 2 saturated carbocycles. The average Bonchev–Trinajstić information content (AvgIpc) is 2.81. The summed E-state index contributed by atoms with van der Waals surface area (Å²) >= 11 is 1.50. The number of amides is 1. The fourth-order valence-corrected chi connectivity index (χ4v) is 4.92. The first-order valence-electron chi connectivity index (χ1n) is 7.79. The van der Waals surface area contributed by atoms with E-state index in [1.54, 1.807) is 7.11 Å². The van der Waals surface area contributed by atoms with Crippen LogP contribution in [0.2, 0.25) is 0 Å². The summed E-state index contributed by atoms with van der Waals surface area (Å²) in [4.78, 5) is 14.4. The van der Waals surface area contributed by atoms with Gasteiger partial charge in [-0.15, -0.1) is 23.7 Å². The molecular formula is C16H25ClN2O2S. The Balaban J connectivity index is 0.00000176. The highest BCUT2D eigenvalue weighted by Crippen LogP contribution is 2.40. The van der Waals surface area contributed by atoms with Gasteiger partial charge in [0.15, 0.2) is 0 Å². The number of carbonyl (C=O) groups excluding carboxylic acids is 1. The fourth-order valence-electron chi connectivity index (χ4n) is 4.04. The number of aryl methyl sites for hydroxylation is 1. The zero-order valence-corrected chi connectivity index (χ0v) is 14.8. The molecule has 6 heteroatoms. The van der Waals surface area contributed by atoms with Crippen LogP contribution in [0.15, 0.2) is 6.07 Å². The van der Waals surface area contributed by atoms with Gasteiger partial charge in [-0.3, -0.25) is 4.79 Å². The first-order chi connectivity index (χ1) is 10.1. The molecular weight excluding hydrogens is 320 g/mol. The van der Waals surface area contributed by atoms with Crippen molar-refractivity contribution >= 4 is 29.7 Å². The van der Waals surface area contributed by atoms with E-state index in [0.29, 0.717) is 28.5 Å². The van der Waals surface area contributed by atoms with Crippen molar-refractivity contribution in [2.75, 3.05) is 7.11 Å². The van der Waals surface area contributed by atoms with E-state index in [1.807, 2.05) is 13.0 Å². The van der Waals surface area contributed by atoms with Crippen molar-refractivity contribution in [2.45, 2.75) is 51.1 Å². The fraction of sp³-hybridized carbons (Fsp3) is 0.688. The Morgan fingerprint density at radius 2 is 2.00 bits per heavy atom. The van der Waals surface area contributed by atoms with Crippen molar-refractivity contribution in [1.29, 1.82) is 0 Å². The van der Waals surface area contributed by atoms with Crippen molar-refractivity contribution in [2.24, 2.45) is 17.6 Å². The van der Waals surface area contributed by atoms with E-state index in [-0.39, 0.29) is 24.4 Å². The average molecular weight is 345 g/mol. The Morgan fingerprint density at radius 1 is 1.36 bits per heavy atom. The molecule has 0 saturated heterocycles. The Bertz CT molecular complexity index is 520. The molecule has 1 heterocycles. The minimum Gasteiger partial charge on any atom is -0.495 e. The Labute approximate surface area is 142 Å². The van der Waals surface area contributed by atoms with Gasteiger partial charge < -0.3 is 15.8 Å². The largest absolute Gasteiger partial charge is 0.495 e. The Morgan fingerprint density at radius 3 is 2.59 bits per heavy atom. The standard InChI is InChI=1S/C16H24N2O2S.ClH/c1-9-6-13(20-2)15(21-9)16(19)18-14-10-4-3-5-11(14)8-12(17)7-10;/h6,10-12,14H,3-5,7-8,17H2,1-2H3,(H,18,19);1H. The van der Waals surface area contributed by atoms with E-state index in [4.69, 9.17) is 10.5 Å². The normalized spacial score (nSPS) is 30.3. The summed E-state index contributed by atoms with van der Waals surface area (Å²) in [5.74, 6) is 1.79. The van der Waals surface area contributed by atoms with Crippen LogP contribution in [0.4, 0.5) is 0 Å². The minimum absolute atomic E-state index is 0. The van der Waals surface area contributed by atoms with E-state index in [2.05, 4.69) is 5.32 Å². The number of hydrogen-bond donors (Lipinski definition) is 2. The van der Waals surface area contributed by atoms with E-state index in [9.17, 15) is 4.79 Å². The maximum atomic E-state index is 12.6. The van der Waals surface area contributed by atoms with Gasteiger partial charge in [0, 0.05) is 17.0 Å². The molecule has 0 spiro atoms. The van der Waals surface area contributed by atoms with Crippen LogP contribution in [0.1, 0.15) is 46.7 Å². The number of thiophene rings is 1. The van der Waals surface area contributed by atoms with Crippen molar-refractivity contribution in [3.63, 3.8) is 0 Å². The maximum Gasteiger partial charge on any atom is 0.265 e. The van der Waals surface area contributed by atoms with Crippen molar-refractivity contribution in [3.05, 3.63) is 15.8 Å². The van der Waals surface area contributed by atoms with Gasteiger partial charge in [-0.1, -0.05) is 6.42 Å². The Kier molecular flexibility index (Phi) is 5.75. The summed E-state index contributed by atoms with van der Waals surface area (Å²) in [6.45, 7) is 2.00. The Hall–Kier alpha value is -0.780. The molecule has 0 aromatic carbocycles. The quantitative estimate of drug-likeness (QED) is 0.885. The zero-order chi connectivity index (χ0) is 15.0. The lowest BCUT2D eigenvalue weighted by atomic mass is 9.67. The highest BCUT2D eigenvalue weighted by Gasteiger charge is 2.40. The second kappa shape index (κ2) is 7.20. The highest BCUT2D eigenvalue weighted by molar-refractivity contribution is 7.14. The number of methoxy groups -OCH3 is 1. The van der Waals surface area contributed by atoms with E-state index >= 15 is 0 Å². The molecule has 124 valence electrons. The predicted molar refractivity (Wildman–Crippen MR) is 92.2 cm³/mol. The van der Waals surface area contributed by atoms with Gasteiger partial charge in [0.05, 0.1) is 7.11 Å². The number of rotatable bonds is 3. The maximum absolute atomic E-state index is 12.6. The molecule has 2 aliphatic rings. The third-order valence-electron chi connectivity index (χ3n) is 4.92. The molecule has 3 N–H and O–H groups in total. The number of nitrogens with one attached hydrogen (secondary N) is 1. The van der Waals surface area contributed by atoms with Crippen LogP contribution < -0.4 is 15.8 Å². The molecule has 1 aromatic rings. The third kappa shape index (κ3) is 3.42. The van der Waals surface area contributed by atoms with E-state index in [1.165, 1.54) is 30.6 Å². The van der Waals surface area contributed by atoms with Gasteiger partial charge in [0.2, 0.25) is 0 Å². The molecule has 4 nitrogen and oxygen atoms in total. The van der Waals surface area contributed by atoms with Crippen molar-refractivity contribution < 1.29 is 9.53 Å². The predicted octanol–water partition coefficient (Wildman–Crippen LogP) is 3.12. The molecule has 22 heavy (non-hydrogen) atoms. The SMILES string of the molecule is COc1cc(C)sc1C(=O)NC1C2CCCC1CC(N)C2.Cl. The monoisotopic (exact) mass is 344 g/mol. The summed E-state index contributed by atoms with van der Waals surface area (Å²) in [6.07, 6.45) is 5.74. The van der Waals surface area contributed by atoms with Crippen LogP contribution in [0, 0.1) is 18.8 Å². The van der Waals surface area contributed by atoms with Crippen LogP contribution >= 0.6 is 23.7 Å². The van der Waals surface area contributed by atoms with Crippen LogP contribution in [0.3, 0.4) is 0 Å². The molecule has 0 aliphatic heterocycles. The molecule has 3 rings (SSSR count).